The molecule has 1 N–H and O–H groups in total. The molecule has 0 spiro atoms. The van der Waals surface area contributed by atoms with Crippen LogP contribution in [0.4, 0.5) is 0 Å². The molecule has 24 heavy (non-hydrogen) atoms. The fourth-order valence-corrected chi connectivity index (χ4v) is 2.94. The summed E-state index contributed by atoms with van der Waals surface area (Å²) >= 11 is 1.53. The summed E-state index contributed by atoms with van der Waals surface area (Å²) in [7, 11) is 0. The Bertz CT molecular complexity index is 906. The van der Waals surface area contributed by atoms with Crippen molar-refractivity contribution in [2.24, 2.45) is 0 Å². The Morgan fingerprint density at radius 3 is 2.38 bits per heavy atom. The summed E-state index contributed by atoms with van der Waals surface area (Å²) in [5.74, 6) is -0.252. The number of aromatic nitrogens is 2. The van der Waals surface area contributed by atoms with Crippen LogP contribution < -0.4 is 5.56 Å². The van der Waals surface area contributed by atoms with Crippen molar-refractivity contribution >= 4 is 17.7 Å². The van der Waals surface area contributed by atoms with Gasteiger partial charge in [0.25, 0.3) is 5.56 Å². The number of nitrogens with zero attached hydrogens (tertiary/aromatic N) is 2. The van der Waals surface area contributed by atoms with Crippen molar-refractivity contribution in [2.45, 2.75) is 10.8 Å². The fraction of sp³-hybridized carbons (Fsp3) is 0.0556. The highest BCUT2D eigenvalue weighted by atomic mass is 32.2. The first-order chi connectivity index (χ1) is 11.6. The van der Waals surface area contributed by atoms with Gasteiger partial charge in [0.05, 0.1) is 11.3 Å². The van der Waals surface area contributed by atoms with E-state index in [1.54, 1.807) is 18.2 Å². The molecular weight excluding hydrogens is 324 g/mol. The second kappa shape index (κ2) is 7.14. The summed E-state index contributed by atoms with van der Waals surface area (Å²) in [6, 6.07) is 19.2. The number of rotatable bonds is 5. The summed E-state index contributed by atoms with van der Waals surface area (Å²) in [6.07, 6.45) is 0. The van der Waals surface area contributed by atoms with E-state index < -0.39 is 5.97 Å². The lowest BCUT2D eigenvalue weighted by Crippen LogP contribution is -2.20. The molecule has 3 aromatic rings. The van der Waals surface area contributed by atoms with E-state index in [2.05, 4.69) is 5.10 Å². The number of benzene rings is 2. The summed E-state index contributed by atoms with van der Waals surface area (Å²) in [5.41, 5.74) is 1.61. The van der Waals surface area contributed by atoms with Gasteiger partial charge in [-0.25, -0.2) is 4.79 Å². The van der Waals surface area contributed by atoms with E-state index in [9.17, 15) is 9.59 Å². The van der Waals surface area contributed by atoms with Crippen LogP contribution in [0.25, 0.3) is 5.69 Å². The molecule has 0 aliphatic rings. The van der Waals surface area contributed by atoms with Gasteiger partial charge in [-0.1, -0.05) is 42.1 Å². The van der Waals surface area contributed by atoms with E-state index in [4.69, 9.17) is 5.11 Å². The molecule has 0 unspecified atom stereocenters. The van der Waals surface area contributed by atoms with Crippen LogP contribution in [0.1, 0.15) is 15.9 Å². The number of carbonyl (C=O) groups is 1. The van der Waals surface area contributed by atoms with Gasteiger partial charge in [-0.2, -0.15) is 9.78 Å². The number of hydrogen-bond donors (Lipinski definition) is 1. The molecule has 0 radical (unpaired) electrons. The van der Waals surface area contributed by atoms with Crippen molar-refractivity contribution in [1.29, 1.82) is 0 Å². The normalized spacial score (nSPS) is 10.5. The molecule has 0 atom stereocenters. The molecule has 5 nitrogen and oxygen atoms in total. The smallest absolute Gasteiger partial charge is 0.335 e. The molecule has 0 aliphatic heterocycles. The zero-order chi connectivity index (χ0) is 16.9. The van der Waals surface area contributed by atoms with Crippen LogP contribution in [0, 0.1) is 0 Å². The van der Waals surface area contributed by atoms with Crippen molar-refractivity contribution in [2.75, 3.05) is 0 Å². The van der Waals surface area contributed by atoms with Gasteiger partial charge in [-0.15, -0.1) is 0 Å². The third-order valence-corrected chi connectivity index (χ3v) is 4.36. The molecule has 6 heteroatoms. The SMILES string of the molecule is O=C(O)c1ccc(-n2nc(SCc3ccccc3)ccc2=O)cc1. The van der Waals surface area contributed by atoms with Gasteiger partial charge < -0.3 is 5.11 Å². The minimum atomic E-state index is -1.01. The minimum Gasteiger partial charge on any atom is -0.478 e. The van der Waals surface area contributed by atoms with Gasteiger partial charge in [0.1, 0.15) is 5.03 Å². The summed E-state index contributed by atoms with van der Waals surface area (Å²) in [4.78, 5) is 22.9. The van der Waals surface area contributed by atoms with E-state index in [1.807, 2.05) is 30.3 Å². The van der Waals surface area contributed by atoms with E-state index >= 15 is 0 Å². The molecule has 0 saturated carbocycles. The summed E-state index contributed by atoms with van der Waals surface area (Å²) < 4.78 is 1.28. The average molecular weight is 338 g/mol. The average Bonchev–Trinajstić information content (AvgIpc) is 2.62. The number of hydrogen-bond acceptors (Lipinski definition) is 4. The Labute approximate surface area is 142 Å². The van der Waals surface area contributed by atoms with Gasteiger partial charge in [-0.05, 0) is 35.9 Å². The zero-order valence-corrected chi connectivity index (χ0v) is 13.4. The molecule has 0 fully saturated rings. The fourth-order valence-electron chi connectivity index (χ4n) is 2.13. The Morgan fingerprint density at radius 1 is 1.00 bits per heavy atom. The second-order valence-corrected chi connectivity index (χ2v) is 6.04. The zero-order valence-electron chi connectivity index (χ0n) is 12.6. The van der Waals surface area contributed by atoms with Crippen molar-refractivity contribution in [3.63, 3.8) is 0 Å². The monoisotopic (exact) mass is 338 g/mol. The third kappa shape index (κ3) is 3.72. The highest BCUT2D eigenvalue weighted by molar-refractivity contribution is 7.98. The van der Waals surface area contributed by atoms with Gasteiger partial charge in [-0.3, -0.25) is 4.79 Å². The van der Waals surface area contributed by atoms with E-state index in [1.165, 1.54) is 40.2 Å². The van der Waals surface area contributed by atoms with Crippen LogP contribution in [0.15, 0.2) is 76.6 Å². The lowest BCUT2D eigenvalue weighted by atomic mass is 10.2. The maximum absolute atomic E-state index is 12.0. The lowest BCUT2D eigenvalue weighted by molar-refractivity contribution is 0.0697. The van der Waals surface area contributed by atoms with Crippen LogP contribution in [-0.2, 0) is 5.75 Å². The molecule has 0 aliphatic carbocycles. The molecular formula is C18H14N2O3S. The third-order valence-electron chi connectivity index (χ3n) is 3.36. The van der Waals surface area contributed by atoms with Crippen molar-refractivity contribution in [3.8, 4) is 5.69 Å². The van der Waals surface area contributed by atoms with E-state index in [-0.39, 0.29) is 11.1 Å². The maximum Gasteiger partial charge on any atom is 0.335 e. The van der Waals surface area contributed by atoms with Crippen LogP contribution in [0.3, 0.4) is 0 Å². The largest absolute Gasteiger partial charge is 0.478 e. The quantitative estimate of drug-likeness (QED) is 0.723. The summed E-state index contributed by atoms with van der Waals surface area (Å²) in [6.45, 7) is 0. The Hall–Kier alpha value is -2.86. The van der Waals surface area contributed by atoms with Crippen LogP contribution in [0.2, 0.25) is 0 Å². The van der Waals surface area contributed by atoms with E-state index in [0.29, 0.717) is 5.69 Å². The second-order valence-electron chi connectivity index (χ2n) is 5.05. The van der Waals surface area contributed by atoms with Crippen LogP contribution >= 0.6 is 11.8 Å². The number of carboxylic acid groups (broad SMARTS) is 1. The predicted molar refractivity (Wildman–Crippen MR) is 92.8 cm³/mol. The van der Waals surface area contributed by atoms with Gasteiger partial charge in [0.2, 0.25) is 0 Å². The molecule has 2 aromatic carbocycles. The molecule has 1 aromatic heterocycles. The predicted octanol–water partition coefficient (Wildman–Crippen LogP) is 3.22. The Kier molecular flexibility index (Phi) is 4.77. The maximum atomic E-state index is 12.0. The number of aromatic carboxylic acids is 1. The van der Waals surface area contributed by atoms with Crippen LogP contribution in [0.5, 0.6) is 0 Å². The highest BCUT2D eigenvalue weighted by Gasteiger charge is 2.07. The first kappa shape index (κ1) is 16.0. The molecule has 0 saturated heterocycles. The van der Waals surface area contributed by atoms with E-state index in [0.717, 1.165) is 10.8 Å². The molecule has 120 valence electrons. The van der Waals surface area contributed by atoms with Crippen molar-refractivity contribution in [1.82, 2.24) is 9.78 Å². The lowest BCUT2D eigenvalue weighted by Gasteiger charge is -2.07. The minimum absolute atomic E-state index is 0.168. The topological polar surface area (TPSA) is 72.2 Å². The number of thioether (sulfide) groups is 1. The number of carboxylic acids is 1. The molecule has 0 bridgehead atoms. The van der Waals surface area contributed by atoms with Crippen molar-refractivity contribution in [3.05, 3.63) is 88.2 Å². The highest BCUT2D eigenvalue weighted by Crippen LogP contribution is 2.20. The first-order valence-electron chi connectivity index (χ1n) is 7.24. The van der Waals surface area contributed by atoms with Crippen molar-refractivity contribution < 1.29 is 9.90 Å². The summed E-state index contributed by atoms with van der Waals surface area (Å²) in [5, 5.41) is 14.0. The Balaban J connectivity index is 1.83. The first-order valence-corrected chi connectivity index (χ1v) is 8.23. The van der Waals surface area contributed by atoms with Gasteiger partial charge >= 0.3 is 5.97 Å². The van der Waals surface area contributed by atoms with Gasteiger partial charge in [0.15, 0.2) is 0 Å². The molecule has 1 heterocycles. The molecule has 0 amide bonds. The standard InChI is InChI=1S/C18H14N2O3S/c21-17-11-10-16(24-12-13-4-2-1-3-5-13)19-20(17)15-8-6-14(7-9-15)18(22)23/h1-11H,12H2,(H,22,23). The Morgan fingerprint density at radius 2 is 1.71 bits per heavy atom. The van der Waals surface area contributed by atoms with Crippen LogP contribution in [-0.4, -0.2) is 20.9 Å². The molecule has 3 rings (SSSR count). The van der Waals surface area contributed by atoms with Gasteiger partial charge in [0, 0.05) is 11.8 Å².